The SMILES string of the molecule is CCCC[C@@H](OC(=O)c1ccccc1)P(=O)(O)OC(CCCCN)C(=O)[N+]1(C(=O)O)CCC[C@H]1C. The van der Waals surface area contributed by atoms with Crippen molar-refractivity contribution >= 4 is 25.6 Å². The van der Waals surface area contributed by atoms with Gasteiger partial charge in [-0.15, -0.1) is 0 Å². The van der Waals surface area contributed by atoms with Crippen molar-refractivity contribution in [2.24, 2.45) is 5.73 Å². The second kappa shape index (κ2) is 13.3. The Balaban J connectivity index is 2.32. The number of esters is 1. The molecule has 196 valence electrons. The van der Waals surface area contributed by atoms with Crippen molar-refractivity contribution in [2.75, 3.05) is 13.1 Å². The third-order valence-corrected chi connectivity index (χ3v) is 8.16. The topological polar surface area (TPSA) is 153 Å². The standard InChI is InChI=1S/C24H37N2O8P/c1-3-4-15-21(33-23(28)19-12-6-5-7-13-19)35(31,32)34-20(14-8-9-16-25)22(27)26(24(29)30)17-10-11-18(26)2/h5-7,12-13,18,20-21H,3-4,8-11,14-17,25H2,1-2H3,(H-,29,30,31,32)/p+1/t18-,20?,21+,26?/m1/s1. The number of rotatable bonds is 13. The number of likely N-dealkylation sites (tertiary alicyclic amines) is 1. The molecule has 5 atom stereocenters. The number of carbonyl (C=O) groups excluding carboxylic acids is 2. The zero-order valence-corrected chi connectivity index (χ0v) is 21.4. The fraction of sp³-hybridized carbons (Fsp3) is 0.625. The molecule has 2 amide bonds. The molecule has 0 aliphatic carbocycles. The van der Waals surface area contributed by atoms with Gasteiger partial charge in [0.2, 0.25) is 5.85 Å². The molecule has 1 aromatic rings. The lowest BCUT2D eigenvalue weighted by Gasteiger charge is -2.34. The van der Waals surface area contributed by atoms with Crippen LogP contribution >= 0.6 is 7.60 Å². The Labute approximate surface area is 206 Å². The number of nitrogens with two attached hydrogens (primary N) is 1. The van der Waals surface area contributed by atoms with E-state index in [0.29, 0.717) is 45.1 Å². The van der Waals surface area contributed by atoms with Crippen molar-refractivity contribution in [1.29, 1.82) is 0 Å². The molecule has 1 saturated heterocycles. The van der Waals surface area contributed by atoms with Gasteiger partial charge in [-0.3, -0.25) is 9.09 Å². The van der Waals surface area contributed by atoms with Gasteiger partial charge in [-0.2, -0.15) is 9.28 Å². The van der Waals surface area contributed by atoms with Crippen molar-refractivity contribution in [2.45, 2.75) is 83.2 Å². The Morgan fingerprint density at radius 2 is 1.86 bits per heavy atom. The van der Waals surface area contributed by atoms with Gasteiger partial charge in [0.1, 0.15) is 6.04 Å². The second-order valence-corrected chi connectivity index (χ2v) is 10.9. The van der Waals surface area contributed by atoms with Crippen LogP contribution in [0.5, 0.6) is 0 Å². The molecule has 3 unspecified atom stereocenters. The van der Waals surface area contributed by atoms with Gasteiger partial charge in [-0.1, -0.05) is 31.5 Å². The largest absolute Gasteiger partial charge is 0.521 e. The molecule has 0 spiro atoms. The van der Waals surface area contributed by atoms with Crippen LogP contribution in [0, 0.1) is 0 Å². The lowest BCUT2D eigenvalue weighted by atomic mass is 10.1. The number of hydrogen-bond acceptors (Lipinski definition) is 7. The van der Waals surface area contributed by atoms with Crippen LogP contribution in [-0.2, 0) is 18.6 Å². The fourth-order valence-electron chi connectivity index (χ4n) is 4.42. The molecule has 11 heteroatoms. The molecule has 1 heterocycles. The Hall–Kier alpha value is -2.10. The maximum Gasteiger partial charge on any atom is 0.521 e. The Morgan fingerprint density at radius 3 is 2.40 bits per heavy atom. The van der Waals surface area contributed by atoms with E-state index in [9.17, 15) is 28.9 Å². The molecule has 1 aliphatic rings. The lowest BCUT2D eigenvalue weighted by Crippen LogP contribution is -2.62. The first kappa shape index (κ1) is 29.1. The first-order valence-corrected chi connectivity index (χ1v) is 13.9. The lowest BCUT2D eigenvalue weighted by molar-refractivity contribution is -0.794. The Kier molecular flexibility index (Phi) is 11.0. The predicted molar refractivity (Wildman–Crippen MR) is 130 cm³/mol. The van der Waals surface area contributed by atoms with Crippen LogP contribution in [0.25, 0.3) is 0 Å². The molecule has 4 N–H and O–H groups in total. The van der Waals surface area contributed by atoms with Gasteiger partial charge in [0.25, 0.3) is 0 Å². The minimum atomic E-state index is -4.68. The molecule has 1 aliphatic heterocycles. The summed E-state index contributed by atoms with van der Waals surface area (Å²) in [6.07, 6.45) is 0.519. The zero-order valence-electron chi connectivity index (χ0n) is 20.5. The first-order chi connectivity index (χ1) is 16.6. The molecular weight excluding hydrogens is 475 g/mol. The van der Waals surface area contributed by atoms with Gasteiger partial charge >= 0.3 is 25.6 Å². The summed E-state index contributed by atoms with van der Waals surface area (Å²) >= 11 is 0. The molecule has 10 nitrogen and oxygen atoms in total. The maximum absolute atomic E-state index is 13.6. The Morgan fingerprint density at radius 1 is 1.17 bits per heavy atom. The van der Waals surface area contributed by atoms with Crippen molar-refractivity contribution < 1.29 is 42.7 Å². The van der Waals surface area contributed by atoms with E-state index in [4.69, 9.17) is 15.0 Å². The molecule has 2 rings (SSSR count). The number of quaternary nitrogens is 1. The van der Waals surface area contributed by atoms with Crippen molar-refractivity contribution in [3.8, 4) is 0 Å². The molecular formula is C24H38N2O8P+. The average Bonchev–Trinajstić information content (AvgIpc) is 3.23. The van der Waals surface area contributed by atoms with E-state index in [-0.39, 0.29) is 24.9 Å². The van der Waals surface area contributed by atoms with E-state index >= 15 is 0 Å². The van der Waals surface area contributed by atoms with Crippen LogP contribution in [0.2, 0.25) is 0 Å². The minimum absolute atomic E-state index is 0.0354. The highest BCUT2D eigenvalue weighted by Gasteiger charge is 2.56. The third kappa shape index (κ3) is 7.21. The van der Waals surface area contributed by atoms with Crippen molar-refractivity contribution in [3.63, 3.8) is 0 Å². The van der Waals surface area contributed by atoms with E-state index in [1.807, 2.05) is 6.92 Å². The number of ether oxygens (including phenoxy) is 1. The minimum Gasteiger partial charge on any atom is -0.446 e. The predicted octanol–water partition coefficient (Wildman–Crippen LogP) is 4.26. The molecule has 1 aromatic carbocycles. The van der Waals surface area contributed by atoms with E-state index in [0.717, 1.165) is 0 Å². The summed E-state index contributed by atoms with van der Waals surface area (Å²) in [5.74, 6) is -3.04. The summed E-state index contributed by atoms with van der Waals surface area (Å²) in [6, 6.07) is 7.57. The number of carboxylic acid groups (broad SMARTS) is 1. The van der Waals surface area contributed by atoms with Crippen LogP contribution in [0.15, 0.2) is 30.3 Å². The van der Waals surface area contributed by atoms with Gasteiger partial charge in [0.15, 0.2) is 6.10 Å². The third-order valence-electron chi connectivity index (χ3n) is 6.52. The zero-order chi connectivity index (χ0) is 26.1. The smallest absolute Gasteiger partial charge is 0.446 e. The molecule has 0 aromatic heterocycles. The summed E-state index contributed by atoms with van der Waals surface area (Å²) in [5, 5.41) is 9.97. The van der Waals surface area contributed by atoms with Crippen LogP contribution in [0.3, 0.4) is 0 Å². The van der Waals surface area contributed by atoms with Crippen molar-refractivity contribution in [1.82, 2.24) is 0 Å². The number of imide groups is 1. The highest BCUT2D eigenvalue weighted by molar-refractivity contribution is 7.53. The summed E-state index contributed by atoms with van der Waals surface area (Å²) < 4.78 is 23.5. The van der Waals surface area contributed by atoms with Gasteiger partial charge in [0.05, 0.1) is 12.1 Å². The normalized spacial score (nSPS) is 23.3. The molecule has 0 radical (unpaired) electrons. The van der Waals surface area contributed by atoms with Gasteiger partial charge in [-0.25, -0.2) is 9.59 Å². The Bertz CT molecular complexity index is 912. The van der Waals surface area contributed by atoms with Crippen LogP contribution in [-0.4, -0.2) is 63.5 Å². The van der Waals surface area contributed by atoms with E-state index in [2.05, 4.69) is 0 Å². The molecule has 0 saturated carbocycles. The monoisotopic (exact) mass is 513 g/mol. The highest BCUT2D eigenvalue weighted by Crippen LogP contribution is 2.52. The van der Waals surface area contributed by atoms with Crippen LogP contribution in [0.4, 0.5) is 4.79 Å². The van der Waals surface area contributed by atoms with Crippen LogP contribution in [0.1, 0.15) is 75.6 Å². The van der Waals surface area contributed by atoms with Crippen molar-refractivity contribution in [3.05, 3.63) is 35.9 Å². The second-order valence-electron chi connectivity index (χ2n) is 9.02. The first-order valence-electron chi connectivity index (χ1n) is 12.2. The highest BCUT2D eigenvalue weighted by atomic mass is 31.2. The summed E-state index contributed by atoms with van der Waals surface area (Å²) in [6.45, 7) is 4.00. The fourth-order valence-corrected chi connectivity index (χ4v) is 5.85. The van der Waals surface area contributed by atoms with E-state index < -0.39 is 48.0 Å². The number of carbonyl (C=O) groups is 3. The van der Waals surface area contributed by atoms with E-state index in [1.54, 1.807) is 25.1 Å². The number of benzene rings is 1. The van der Waals surface area contributed by atoms with Gasteiger partial charge in [0, 0.05) is 12.8 Å². The van der Waals surface area contributed by atoms with Gasteiger partial charge < -0.3 is 20.5 Å². The molecule has 1 fully saturated rings. The van der Waals surface area contributed by atoms with Gasteiger partial charge in [-0.05, 0) is 57.7 Å². The quantitative estimate of drug-likeness (QED) is 0.152. The average molecular weight is 514 g/mol. The molecule has 35 heavy (non-hydrogen) atoms. The summed E-state index contributed by atoms with van der Waals surface area (Å²) in [5.41, 5.74) is 5.78. The van der Waals surface area contributed by atoms with Crippen LogP contribution < -0.4 is 5.73 Å². The number of amides is 2. The van der Waals surface area contributed by atoms with E-state index in [1.165, 1.54) is 12.1 Å². The number of nitrogens with zero attached hydrogens (tertiary/aromatic N) is 1. The summed E-state index contributed by atoms with van der Waals surface area (Å²) in [7, 11) is -4.68. The maximum atomic E-state index is 13.6. The number of hydrogen-bond donors (Lipinski definition) is 3. The summed E-state index contributed by atoms with van der Waals surface area (Å²) in [4.78, 5) is 49.3. The number of unbranched alkanes of at least 4 members (excludes halogenated alkanes) is 2. The molecule has 0 bridgehead atoms.